The van der Waals surface area contributed by atoms with Crippen LogP contribution in [0.15, 0.2) is 23.1 Å². The molecule has 0 bridgehead atoms. The Morgan fingerprint density at radius 2 is 1.45 bits per heavy atom. The Kier molecular flexibility index (Phi) is 7.58. The lowest BCUT2D eigenvalue weighted by Crippen LogP contribution is -2.43. The monoisotopic (exact) mass is 477 g/mol. The second-order valence-electron chi connectivity index (χ2n) is 9.28. The van der Waals surface area contributed by atoms with Crippen LogP contribution in [0.3, 0.4) is 0 Å². The summed E-state index contributed by atoms with van der Waals surface area (Å²) in [5.74, 6) is 0.250. The first-order valence-corrected chi connectivity index (χ1v) is 13.6. The standard InChI is InChI=1S/C24H35N3O5S/c1-32-21-9-8-20(18-22(21)33(30,31)27-14-4-2-3-5-15-27)24(29)26-16-10-19(11-17-26)23(28)25-12-6-7-13-25/h8-9,18-19H,2-7,10-17H2,1H3. The molecule has 3 fully saturated rings. The van der Waals surface area contributed by atoms with E-state index >= 15 is 0 Å². The van der Waals surface area contributed by atoms with E-state index in [1.807, 2.05) is 4.90 Å². The number of ether oxygens (including phenoxy) is 1. The minimum Gasteiger partial charge on any atom is -0.495 e. The third kappa shape index (κ3) is 5.19. The summed E-state index contributed by atoms with van der Waals surface area (Å²) >= 11 is 0. The van der Waals surface area contributed by atoms with E-state index in [0.29, 0.717) is 44.6 Å². The number of hydrogen-bond donors (Lipinski definition) is 0. The second-order valence-corrected chi connectivity index (χ2v) is 11.2. The molecule has 3 aliphatic rings. The van der Waals surface area contributed by atoms with Crippen molar-refractivity contribution < 1.29 is 22.7 Å². The van der Waals surface area contributed by atoms with Crippen molar-refractivity contribution >= 4 is 21.8 Å². The summed E-state index contributed by atoms with van der Waals surface area (Å²) in [7, 11) is -2.31. The zero-order valence-corrected chi connectivity index (χ0v) is 20.3. The smallest absolute Gasteiger partial charge is 0.253 e. The van der Waals surface area contributed by atoms with Crippen molar-refractivity contribution in [2.24, 2.45) is 5.92 Å². The van der Waals surface area contributed by atoms with E-state index in [1.165, 1.54) is 17.5 Å². The average molecular weight is 478 g/mol. The number of nitrogens with zero attached hydrogens (tertiary/aromatic N) is 3. The molecular weight excluding hydrogens is 442 g/mol. The molecule has 33 heavy (non-hydrogen) atoms. The molecule has 1 aromatic carbocycles. The van der Waals surface area contributed by atoms with Gasteiger partial charge in [0.05, 0.1) is 7.11 Å². The number of carbonyl (C=O) groups is 2. The van der Waals surface area contributed by atoms with Crippen LogP contribution in [-0.2, 0) is 14.8 Å². The Morgan fingerprint density at radius 1 is 0.848 bits per heavy atom. The summed E-state index contributed by atoms with van der Waals surface area (Å²) < 4.78 is 33.7. The molecule has 0 aliphatic carbocycles. The molecule has 0 N–H and O–H groups in total. The summed E-state index contributed by atoms with van der Waals surface area (Å²) in [5.41, 5.74) is 0.341. The van der Waals surface area contributed by atoms with Gasteiger partial charge in [-0.1, -0.05) is 12.8 Å². The highest BCUT2D eigenvalue weighted by atomic mass is 32.2. The highest BCUT2D eigenvalue weighted by Gasteiger charge is 2.33. The van der Waals surface area contributed by atoms with Gasteiger partial charge in [-0.25, -0.2) is 8.42 Å². The molecule has 182 valence electrons. The van der Waals surface area contributed by atoms with Crippen LogP contribution in [0.1, 0.15) is 61.7 Å². The lowest BCUT2D eigenvalue weighted by atomic mass is 9.95. The van der Waals surface area contributed by atoms with Crippen LogP contribution >= 0.6 is 0 Å². The number of likely N-dealkylation sites (tertiary alicyclic amines) is 2. The first-order valence-electron chi connectivity index (χ1n) is 12.2. The molecular formula is C24H35N3O5S. The molecule has 0 aromatic heterocycles. The SMILES string of the molecule is COc1ccc(C(=O)N2CCC(C(=O)N3CCCC3)CC2)cc1S(=O)(=O)N1CCCCCC1. The van der Waals surface area contributed by atoms with Gasteiger partial charge in [-0.05, 0) is 56.7 Å². The number of hydrogen-bond acceptors (Lipinski definition) is 5. The number of benzene rings is 1. The number of piperidine rings is 1. The normalized spacial score (nSPS) is 21.1. The van der Waals surface area contributed by atoms with Crippen LogP contribution < -0.4 is 4.74 Å². The van der Waals surface area contributed by atoms with Gasteiger partial charge < -0.3 is 14.5 Å². The van der Waals surface area contributed by atoms with Crippen LogP contribution in [-0.4, -0.2) is 80.7 Å². The highest BCUT2D eigenvalue weighted by Crippen LogP contribution is 2.30. The third-order valence-electron chi connectivity index (χ3n) is 7.14. The van der Waals surface area contributed by atoms with Gasteiger partial charge in [0, 0.05) is 50.7 Å². The maximum atomic E-state index is 13.4. The molecule has 0 radical (unpaired) electrons. The highest BCUT2D eigenvalue weighted by molar-refractivity contribution is 7.89. The first-order chi connectivity index (χ1) is 15.9. The fourth-order valence-electron chi connectivity index (χ4n) is 5.14. The maximum absolute atomic E-state index is 13.4. The summed E-state index contributed by atoms with van der Waals surface area (Å²) in [6.45, 7) is 3.67. The predicted molar refractivity (Wildman–Crippen MR) is 125 cm³/mol. The van der Waals surface area contributed by atoms with E-state index in [0.717, 1.165) is 51.6 Å². The van der Waals surface area contributed by atoms with Crippen molar-refractivity contribution in [2.75, 3.05) is 46.4 Å². The fourth-order valence-corrected chi connectivity index (χ4v) is 6.84. The molecule has 3 aliphatic heterocycles. The summed E-state index contributed by atoms with van der Waals surface area (Å²) in [5, 5.41) is 0. The number of amides is 2. The van der Waals surface area contributed by atoms with Crippen molar-refractivity contribution in [3.05, 3.63) is 23.8 Å². The molecule has 4 rings (SSSR count). The minimum absolute atomic E-state index is 0.0259. The van der Waals surface area contributed by atoms with Crippen molar-refractivity contribution in [1.29, 1.82) is 0 Å². The summed E-state index contributed by atoms with van der Waals surface area (Å²) in [4.78, 5) is 29.6. The zero-order valence-electron chi connectivity index (χ0n) is 19.5. The summed E-state index contributed by atoms with van der Waals surface area (Å²) in [6.07, 6.45) is 7.17. The van der Waals surface area contributed by atoms with Gasteiger partial charge in [-0.15, -0.1) is 0 Å². The topological polar surface area (TPSA) is 87.2 Å². The van der Waals surface area contributed by atoms with Crippen LogP contribution in [0.5, 0.6) is 5.75 Å². The third-order valence-corrected chi connectivity index (χ3v) is 9.06. The number of rotatable bonds is 5. The van der Waals surface area contributed by atoms with Crippen molar-refractivity contribution in [2.45, 2.75) is 56.3 Å². The predicted octanol–water partition coefficient (Wildman–Crippen LogP) is 2.73. The largest absolute Gasteiger partial charge is 0.495 e. The van der Waals surface area contributed by atoms with Crippen molar-refractivity contribution in [3.63, 3.8) is 0 Å². The Labute approximate surface area is 196 Å². The van der Waals surface area contributed by atoms with Gasteiger partial charge in [-0.3, -0.25) is 9.59 Å². The number of methoxy groups -OCH3 is 1. The van der Waals surface area contributed by atoms with Crippen LogP contribution in [0, 0.1) is 5.92 Å². The van der Waals surface area contributed by atoms with E-state index in [1.54, 1.807) is 17.0 Å². The molecule has 0 unspecified atom stereocenters. The van der Waals surface area contributed by atoms with Crippen molar-refractivity contribution in [1.82, 2.24) is 14.1 Å². The maximum Gasteiger partial charge on any atom is 0.253 e. The quantitative estimate of drug-likeness (QED) is 0.651. The van der Waals surface area contributed by atoms with E-state index in [9.17, 15) is 18.0 Å². The van der Waals surface area contributed by atoms with Gasteiger partial charge in [0.15, 0.2) is 0 Å². The minimum atomic E-state index is -3.76. The van der Waals surface area contributed by atoms with E-state index in [4.69, 9.17) is 4.74 Å². The molecule has 2 amide bonds. The molecule has 0 atom stereocenters. The van der Waals surface area contributed by atoms with Crippen LogP contribution in [0.25, 0.3) is 0 Å². The molecule has 3 saturated heterocycles. The van der Waals surface area contributed by atoms with Gasteiger partial charge in [0.25, 0.3) is 5.91 Å². The molecule has 0 spiro atoms. The van der Waals surface area contributed by atoms with Gasteiger partial charge in [0.1, 0.15) is 10.6 Å². The Balaban J connectivity index is 1.48. The van der Waals surface area contributed by atoms with Crippen molar-refractivity contribution in [3.8, 4) is 5.75 Å². The van der Waals surface area contributed by atoms with E-state index < -0.39 is 10.0 Å². The Morgan fingerprint density at radius 3 is 2.06 bits per heavy atom. The fraction of sp³-hybridized carbons (Fsp3) is 0.667. The van der Waals surface area contributed by atoms with Crippen LogP contribution in [0.2, 0.25) is 0 Å². The molecule has 3 heterocycles. The molecule has 1 aromatic rings. The summed E-state index contributed by atoms with van der Waals surface area (Å²) in [6, 6.07) is 4.66. The lowest BCUT2D eigenvalue weighted by molar-refractivity contribution is -0.135. The van der Waals surface area contributed by atoms with Gasteiger partial charge >= 0.3 is 0 Å². The average Bonchev–Trinajstić information content (AvgIpc) is 3.24. The Hall–Kier alpha value is -2.13. The van der Waals surface area contributed by atoms with Crippen LogP contribution in [0.4, 0.5) is 0 Å². The second kappa shape index (κ2) is 10.4. The molecule has 0 saturated carbocycles. The first kappa shape index (κ1) is 24.0. The zero-order chi connectivity index (χ0) is 23.4. The number of carbonyl (C=O) groups excluding carboxylic acids is 2. The molecule has 8 nitrogen and oxygen atoms in total. The number of sulfonamides is 1. The molecule has 9 heteroatoms. The Bertz CT molecular complexity index is 958. The lowest BCUT2D eigenvalue weighted by Gasteiger charge is -2.33. The van der Waals surface area contributed by atoms with Gasteiger partial charge in [-0.2, -0.15) is 4.31 Å². The van der Waals surface area contributed by atoms with Gasteiger partial charge in [0.2, 0.25) is 15.9 Å². The van der Waals surface area contributed by atoms with E-state index in [2.05, 4.69) is 0 Å². The van der Waals surface area contributed by atoms with E-state index in [-0.39, 0.29) is 28.4 Å².